The molecule has 0 aliphatic rings. The largest absolute Gasteiger partial charge is 0.468 e. The molecule has 0 bridgehead atoms. The molecule has 0 aliphatic carbocycles. The number of rotatable bonds is 4. The van der Waals surface area contributed by atoms with E-state index in [9.17, 15) is 9.28 Å². The lowest BCUT2D eigenvalue weighted by molar-refractivity contribution is -0.137. The van der Waals surface area contributed by atoms with Gasteiger partial charge in [-0.2, -0.15) is 0 Å². The van der Waals surface area contributed by atoms with Crippen LogP contribution in [-0.4, -0.2) is 18.8 Å². The molecule has 0 heterocycles. The lowest BCUT2D eigenvalue weighted by Gasteiger charge is -2.04. The molecule has 0 fully saturated rings. The third-order valence-electron chi connectivity index (χ3n) is 1.61. The Morgan fingerprint density at radius 2 is 2.40 bits per heavy atom. The van der Waals surface area contributed by atoms with Crippen LogP contribution in [0.3, 0.4) is 0 Å². The molecule has 0 unspecified atom stereocenters. The standard InChI is InChI=1S/C9H9ClFNO2S/c1-14-9(13)5-15-8-4-6(12-11)2-3-7(8)10/h2-4,12H,5H2,1H3. The Morgan fingerprint density at radius 1 is 1.67 bits per heavy atom. The molecule has 6 heteroatoms. The van der Waals surface area contributed by atoms with Crippen molar-refractivity contribution < 1.29 is 14.0 Å². The number of carbonyl (C=O) groups is 1. The van der Waals surface area contributed by atoms with E-state index in [0.717, 1.165) is 0 Å². The predicted molar refractivity (Wildman–Crippen MR) is 58.9 cm³/mol. The summed E-state index contributed by atoms with van der Waals surface area (Å²) in [4.78, 5) is 11.5. The van der Waals surface area contributed by atoms with Gasteiger partial charge in [0.2, 0.25) is 0 Å². The molecular formula is C9H9ClFNO2S. The highest BCUT2D eigenvalue weighted by Gasteiger charge is 2.06. The Labute approximate surface area is 95.9 Å². The molecule has 0 radical (unpaired) electrons. The fourth-order valence-electron chi connectivity index (χ4n) is 0.868. The van der Waals surface area contributed by atoms with Gasteiger partial charge in [0.1, 0.15) is 0 Å². The molecule has 0 amide bonds. The summed E-state index contributed by atoms with van der Waals surface area (Å²) in [6.45, 7) is 0. The van der Waals surface area contributed by atoms with Crippen LogP contribution in [0.15, 0.2) is 23.1 Å². The van der Waals surface area contributed by atoms with Crippen LogP contribution in [0.25, 0.3) is 0 Å². The zero-order valence-corrected chi connectivity index (χ0v) is 9.49. The predicted octanol–water partition coefficient (Wildman–Crippen LogP) is 2.90. The van der Waals surface area contributed by atoms with Crippen LogP contribution in [0.4, 0.5) is 10.2 Å². The molecule has 82 valence electrons. The van der Waals surface area contributed by atoms with E-state index in [1.54, 1.807) is 6.07 Å². The topological polar surface area (TPSA) is 38.3 Å². The number of hydrogen-bond donors (Lipinski definition) is 1. The summed E-state index contributed by atoms with van der Waals surface area (Å²) < 4.78 is 16.6. The Bertz CT molecular complexity index is 362. The van der Waals surface area contributed by atoms with Crippen LogP contribution >= 0.6 is 23.4 Å². The van der Waals surface area contributed by atoms with E-state index in [0.29, 0.717) is 15.6 Å². The number of benzene rings is 1. The van der Waals surface area contributed by atoms with Crippen molar-refractivity contribution in [3.8, 4) is 0 Å². The van der Waals surface area contributed by atoms with Crippen LogP contribution in [0.2, 0.25) is 5.02 Å². The van der Waals surface area contributed by atoms with Gasteiger partial charge in [-0.05, 0) is 18.2 Å². The second-order valence-corrected chi connectivity index (χ2v) is 4.03. The van der Waals surface area contributed by atoms with E-state index in [2.05, 4.69) is 4.74 Å². The highest BCUT2D eigenvalue weighted by atomic mass is 35.5. The van der Waals surface area contributed by atoms with Gasteiger partial charge >= 0.3 is 5.97 Å². The van der Waals surface area contributed by atoms with Gasteiger partial charge in [0.05, 0.1) is 23.6 Å². The molecule has 0 spiro atoms. The minimum absolute atomic E-state index is 0.145. The number of halogens is 2. The van der Waals surface area contributed by atoms with Crippen molar-refractivity contribution >= 4 is 35.0 Å². The van der Waals surface area contributed by atoms with Crippen LogP contribution < -0.4 is 5.54 Å². The number of hydrogen-bond acceptors (Lipinski definition) is 4. The number of anilines is 1. The zero-order chi connectivity index (χ0) is 11.3. The molecule has 1 aromatic carbocycles. The number of ether oxygens (including phenoxy) is 1. The third kappa shape index (κ3) is 3.60. The minimum atomic E-state index is -0.352. The summed E-state index contributed by atoms with van der Waals surface area (Å²) in [6.07, 6.45) is 0. The number of methoxy groups -OCH3 is 1. The Balaban J connectivity index is 2.70. The summed E-state index contributed by atoms with van der Waals surface area (Å²) >= 11 is 7.05. The fraction of sp³-hybridized carbons (Fsp3) is 0.222. The summed E-state index contributed by atoms with van der Waals surface area (Å²) in [5, 5.41) is 0.475. The summed E-state index contributed by atoms with van der Waals surface area (Å²) in [5.74, 6) is -0.207. The molecule has 1 rings (SSSR count). The second-order valence-electron chi connectivity index (χ2n) is 2.60. The molecule has 15 heavy (non-hydrogen) atoms. The average Bonchev–Trinajstić information content (AvgIpc) is 2.27. The van der Waals surface area contributed by atoms with Crippen molar-refractivity contribution in [3.63, 3.8) is 0 Å². The molecule has 0 aromatic heterocycles. The first-order chi connectivity index (χ1) is 7.17. The molecule has 0 saturated heterocycles. The molecule has 0 saturated carbocycles. The van der Waals surface area contributed by atoms with E-state index in [1.807, 2.05) is 0 Å². The summed E-state index contributed by atoms with van der Waals surface area (Å²) in [5.41, 5.74) is 1.81. The van der Waals surface area contributed by atoms with Crippen molar-refractivity contribution in [1.82, 2.24) is 0 Å². The van der Waals surface area contributed by atoms with Crippen LogP contribution in [0.5, 0.6) is 0 Å². The van der Waals surface area contributed by atoms with Crippen molar-refractivity contribution in [1.29, 1.82) is 0 Å². The Morgan fingerprint density at radius 3 is 3.00 bits per heavy atom. The van der Waals surface area contributed by atoms with Crippen molar-refractivity contribution in [2.24, 2.45) is 0 Å². The maximum atomic E-state index is 12.1. The van der Waals surface area contributed by atoms with Crippen LogP contribution in [0, 0.1) is 0 Å². The first-order valence-corrected chi connectivity index (χ1v) is 5.39. The first-order valence-electron chi connectivity index (χ1n) is 4.03. The number of nitrogens with one attached hydrogen (secondary N) is 1. The fourth-order valence-corrected chi connectivity index (χ4v) is 1.96. The highest BCUT2D eigenvalue weighted by molar-refractivity contribution is 8.00. The smallest absolute Gasteiger partial charge is 0.315 e. The van der Waals surface area contributed by atoms with E-state index < -0.39 is 0 Å². The minimum Gasteiger partial charge on any atom is -0.468 e. The van der Waals surface area contributed by atoms with Crippen LogP contribution in [0.1, 0.15) is 0 Å². The zero-order valence-electron chi connectivity index (χ0n) is 7.92. The molecular weight excluding hydrogens is 241 g/mol. The second kappa shape index (κ2) is 5.82. The van der Waals surface area contributed by atoms with E-state index in [-0.39, 0.29) is 11.7 Å². The number of carbonyl (C=O) groups excluding carboxylic acids is 1. The Kier molecular flexibility index (Phi) is 4.71. The van der Waals surface area contributed by atoms with Gasteiger partial charge in [0, 0.05) is 4.90 Å². The highest BCUT2D eigenvalue weighted by Crippen LogP contribution is 2.29. The quantitative estimate of drug-likeness (QED) is 0.506. The molecule has 3 nitrogen and oxygen atoms in total. The van der Waals surface area contributed by atoms with Crippen molar-refractivity contribution in [3.05, 3.63) is 23.2 Å². The summed E-state index contributed by atoms with van der Waals surface area (Å²) in [6, 6.07) is 4.59. The number of esters is 1. The van der Waals surface area contributed by atoms with Gasteiger partial charge in [-0.15, -0.1) is 16.2 Å². The average molecular weight is 250 g/mol. The SMILES string of the molecule is COC(=O)CSc1cc(NF)ccc1Cl. The maximum Gasteiger partial charge on any atom is 0.315 e. The van der Waals surface area contributed by atoms with E-state index >= 15 is 0 Å². The van der Waals surface area contributed by atoms with E-state index in [1.165, 1.54) is 36.5 Å². The van der Waals surface area contributed by atoms with Gasteiger partial charge < -0.3 is 4.74 Å². The van der Waals surface area contributed by atoms with E-state index in [4.69, 9.17) is 11.6 Å². The summed E-state index contributed by atoms with van der Waals surface area (Å²) in [7, 11) is 1.31. The molecule has 0 aliphatic heterocycles. The van der Waals surface area contributed by atoms with Gasteiger partial charge in [-0.1, -0.05) is 11.6 Å². The third-order valence-corrected chi connectivity index (χ3v) is 3.08. The van der Waals surface area contributed by atoms with Gasteiger partial charge in [-0.25, -0.2) is 5.54 Å². The normalized spacial score (nSPS) is 9.80. The first kappa shape index (κ1) is 12.1. The molecule has 1 aromatic rings. The van der Waals surface area contributed by atoms with Crippen molar-refractivity contribution in [2.45, 2.75) is 4.90 Å². The molecule has 1 N–H and O–H groups in total. The van der Waals surface area contributed by atoms with Gasteiger partial charge in [0.15, 0.2) is 0 Å². The van der Waals surface area contributed by atoms with Crippen molar-refractivity contribution in [2.75, 3.05) is 18.4 Å². The maximum absolute atomic E-state index is 12.1. The number of thioether (sulfide) groups is 1. The monoisotopic (exact) mass is 249 g/mol. The van der Waals surface area contributed by atoms with Gasteiger partial charge in [-0.3, -0.25) is 4.79 Å². The lowest BCUT2D eigenvalue weighted by atomic mass is 10.3. The molecule has 0 atom stereocenters. The lowest BCUT2D eigenvalue weighted by Crippen LogP contribution is -2.02. The Hall–Kier alpha value is -0.940. The van der Waals surface area contributed by atoms with Gasteiger partial charge in [0.25, 0.3) is 0 Å². The van der Waals surface area contributed by atoms with Crippen LogP contribution in [-0.2, 0) is 9.53 Å².